The summed E-state index contributed by atoms with van der Waals surface area (Å²) in [6.07, 6.45) is -3.53. The van der Waals surface area contributed by atoms with E-state index in [1.165, 1.54) is 24.3 Å². The molecule has 0 aromatic heterocycles. The molecule has 0 radical (unpaired) electrons. The summed E-state index contributed by atoms with van der Waals surface area (Å²) >= 11 is 0. The highest BCUT2D eigenvalue weighted by Gasteiger charge is 2.33. The fraction of sp³-hybridized carbons (Fsp3) is 0.342. The Morgan fingerprint density at radius 1 is 0.636 bits per heavy atom. The van der Waals surface area contributed by atoms with Crippen molar-refractivity contribution in [2.24, 2.45) is 5.73 Å². The van der Waals surface area contributed by atoms with Crippen LogP contribution in [0, 0.1) is 0 Å². The van der Waals surface area contributed by atoms with Gasteiger partial charge in [0.15, 0.2) is 0 Å². The molecular weight excluding hydrogens is 716 g/mol. The highest BCUT2D eigenvalue weighted by Crippen LogP contribution is 2.13. The molecule has 55 heavy (non-hydrogen) atoms. The van der Waals surface area contributed by atoms with Crippen LogP contribution in [-0.4, -0.2) is 70.6 Å². The van der Waals surface area contributed by atoms with Crippen molar-refractivity contribution in [3.63, 3.8) is 0 Å². The summed E-state index contributed by atoms with van der Waals surface area (Å²) in [5, 5.41) is 17.0. The number of phenolic OH excluding ortho intramolecular Hbond substituents is 1. The van der Waals surface area contributed by atoms with Gasteiger partial charge in [0.25, 0.3) is 5.91 Å². The zero-order valence-corrected chi connectivity index (χ0v) is 30.7. The highest BCUT2D eigenvalue weighted by molar-refractivity contribution is 5.96. The van der Waals surface area contributed by atoms with Crippen LogP contribution in [0.15, 0.2) is 84.9 Å². The number of primary amides is 1. The largest absolute Gasteiger partial charge is 0.508 e. The van der Waals surface area contributed by atoms with Crippen LogP contribution in [0.4, 0.5) is 9.59 Å². The molecule has 3 aromatic carbocycles. The summed E-state index contributed by atoms with van der Waals surface area (Å²) in [5.74, 6) is -4.66. The van der Waals surface area contributed by atoms with Crippen molar-refractivity contribution in [1.29, 1.82) is 0 Å². The van der Waals surface area contributed by atoms with Crippen LogP contribution in [0.3, 0.4) is 0 Å². The first-order valence-corrected chi connectivity index (χ1v) is 17.2. The van der Waals surface area contributed by atoms with Crippen LogP contribution in [0.25, 0.3) is 0 Å². The van der Waals surface area contributed by atoms with Gasteiger partial charge in [0, 0.05) is 12.8 Å². The van der Waals surface area contributed by atoms with Gasteiger partial charge >= 0.3 is 18.2 Å². The van der Waals surface area contributed by atoms with Gasteiger partial charge in [-0.1, -0.05) is 72.8 Å². The van der Waals surface area contributed by atoms with E-state index in [9.17, 15) is 38.7 Å². The van der Waals surface area contributed by atoms with Gasteiger partial charge in [0.1, 0.15) is 42.7 Å². The van der Waals surface area contributed by atoms with E-state index in [1.54, 1.807) is 81.4 Å². The topological polar surface area (TPSA) is 254 Å². The lowest BCUT2D eigenvalue weighted by atomic mass is 10.0. The number of amides is 6. The van der Waals surface area contributed by atoms with E-state index >= 15 is 0 Å². The summed E-state index contributed by atoms with van der Waals surface area (Å²) in [7, 11) is 0. The van der Waals surface area contributed by atoms with Crippen LogP contribution in [0.1, 0.15) is 56.7 Å². The Bertz CT molecular complexity index is 1770. The monoisotopic (exact) mass is 762 g/mol. The third kappa shape index (κ3) is 16.7. The quantitative estimate of drug-likeness (QED) is 0.0596. The number of rotatable bonds is 17. The van der Waals surface area contributed by atoms with E-state index in [0.29, 0.717) is 16.7 Å². The Labute approximate surface area is 317 Å². The molecule has 0 aliphatic heterocycles. The summed E-state index contributed by atoms with van der Waals surface area (Å²) in [4.78, 5) is 90.5. The number of nitrogens with one attached hydrogen (secondary N) is 5. The number of benzene rings is 3. The van der Waals surface area contributed by atoms with E-state index in [0.717, 1.165) is 0 Å². The SMILES string of the molecule is CC(C)(C)OC(=O)N[C@@H](CCC(N)=O)C(=O)N[C@@H](CC(=O)OCc1ccccc1)C(=O)N[C@@H](Cc1ccc(O)cc1)C(=O)NNC(=O)OCc1ccccc1. The lowest BCUT2D eigenvalue weighted by Gasteiger charge is -2.26. The number of aromatic hydroxyl groups is 1. The molecule has 0 spiro atoms. The van der Waals surface area contributed by atoms with Crippen LogP contribution < -0.4 is 32.5 Å². The average Bonchev–Trinajstić information content (AvgIpc) is 3.14. The zero-order chi connectivity index (χ0) is 40.4. The minimum absolute atomic E-state index is 0.0562. The first-order chi connectivity index (χ1) is 26.1. The van der Waals surface area contributed by atoms with Crippen molar-refractivity contribution in [2.45, 2.75) is 83.4 Å². The van der Waals surface area contributed by atoms with Gasteiger partial charge in [-0.25, -0.2) is 15.0 Å². The van der Waals surface area contributed by atoms with E-state index in [-0.39, 0.29) is 38.2 Å². The van der Waals surface area contributed by atoms with Crippen LogP contribution in [0.2, 0.25) is 0 Å². The normalized spacial score (nSPS) is 12.4. The number of hydrogen-bond acceptors (Lipinski definition) is 11. The van der Waals surface area contributed by atoms with Crippen molar-refractivity contribution in [3.05, 3.63) is 102 Å². The van der Waals surface area contributed by atoms with Gasteiger partial charge in [0.05, 0.1) is 6.42 Å². The van der Waals surface area contributed by atoms with Crippen molar-refractivity contribution < 1.29 is 52.9 Å². The molecule has 17 nitrogen and oxygen atoms in total. The molecule has 8 N–H and O–H groups in total. The first kappa shape index (κ1) is 42.8. The maximum atomic E-state index is 13.9. The second-order valence-corrected chi connectivity index (χ2v) is 13.2. The smallest absolute Gasteiger partial charge is 0.426 e. The third-order valence-electron chi connectivity index (χ3n) is 7.44. The van der Waals surface area contributed by atoms with Crippen molar-refractivity contribution in [2.75, 3.05) is 0 Å². The number of esters is 1. The molecule has 3 aromatic rings. The number of phenols is 1. The minimum Gasteiger partial charge on any atom is -0.508 e. The standard InChI is InChI=1S/C38H46N6O11/c1-38(2,3)55-36(51)42-28(18-19-31(39)46)33(48)41-30(21-32(47)53-22-25-10-6-4-7-11-25)34(49)40-29(20-24-14-16-27(45)17-15-24)35(50)43-44-37(52)54-23-26-12-8-5-9-13-26/h4-17,28-30,45H,18-23H2,1-3H3,(H2,39,46)(H,40,49)(H,41,48)(H,42,51)(H,43,50)(H,44,52)/t28-,29-,30-/m0/s1. The van der Waals surface area contributed by atoms with Crippen LogP contribution >= 0.6 is 0 Å². The number of alkyl carbamates (subject to hydrolysis) is 1. The Morgan fingerprint density at radius 3 is 1.75 bits per heavy atom. The van der Waals surface area contributed by atoms with Crippen LogP contribution in [-0.2, 0) is 57.8 Å². The number of carbonyl (C=O) groups is 7. The molecule has 0 aliphatic rings. The van der Waals surface area contributed by atoms with E-state index in [2.05, 4.69) is 26.8 Å². The molecule has 0 heterocycles. The average molecular weight is 763 g/mol. The van der Waals surface area contributed by atoms with Gasteiger partial charge < -0.3 is 41.0 Å². The zero-order valence-electron chi connectivity index (χ0n) is 30.7. The third-order valence-corrected chi connectivity index (χ3v) is 7.44. The second kappa shape index (κ2) is 21.2. The van der Waals surface area contributed by atoms with Gasteiger partial charge in [-0.15, -0.1) is 0 Å². The van der Waals surface area contributed by atoms with Gasteiger partial charge in [0.2, 0.25) is 17.7 Å². The summed E-state index contributed by atoms with van der Waals surface area (Å²) < 4.78 is 15.7. The number of ether oxygens (including phenoxy) is 3. The van der Waals surface area contributed by atoms with Crippen molar-refractivity contribution in [1.82, 2.24) is 26.8 Å². The Kier molecular flexibility index (Phi) is 16.4. The Hall–Kier alpha value is -6.65. The lowest BCUT2D eigenvalue weighted by Crippen LogP contribution is -2.59. The maximum absolute atomic E-state index is 13.9. The molecule has 0 saturated heterocycles. The molecule has 0 unspecified atom stereocenters. The second-order valence-electron chi connectivity index (χ2n) is 13.2. The molecule has 17 heteroatoms. The summed E-state index contributed by atoms with van der Waals surface area (Å²) in [5.41, 5.74) is 10.5. The molecule has 294 valence electrons. The van der Waals surface area contributed by atoms with Gasteiger partial charge in [-0.2, -0.15) is 0 Å². The van der Waals surface area contributed by atoms with E-state index in [1.807, 2.05) is 0 Å². The summed E-state index contributed by atoms with van der Waals surface area (Å²) in [6, 6.07) is 18.6. The predicted molar refractivity (Wildman–Crippen MR) is 196 cm³/mol. The number of hydrazine groups is 1. The lowest BCUT2D eigenvalue weighted by molar-refractivity contribution is -0.147. The van der Waals surface area contributed by atoms with E-state index < -0.39 is 71.9 Å². The number of carbonyl (C=O) groups excluding carboxylic acids is 7. The fourth-order valence-electron chi connectivity index (χ4n) is 4.76. The molecule has 3 atom stereocenters. The number of hydrogen-bond donors (Lipinski definition) is 7. The Balaban J connectivity index is 1.82. The fourth-order valence-corrected chi connectivity index (χ4v) is 4.76. The maximum Gasteiger partial charge on any atom is 0.426 e. The molecule has 3 rings (SSSR count). The highest BCUT2D eigenvalue weighted by atomic mass is 16.6. The number of nitrogens with two attached hydrogens (primary N) is 1. The van der Waals surface area contributed by atoms with Crippen molar-refractivity contribution >= 4 is 41.8 Å². The molecule has 0 aliphatic carbocycles. The molecule has 6 amide bonds. The molecule has 0 bridgehead atoms. The van der Waals surface area contributed by atoms with E-state index in [4.69, 9.17) is 19.9 Å². The summed E-state index contributed by atoms with van der Waals surface area (Å²) in [6.45, 7) is 4.55. The van der Waals surface area contributed by atoms with Gasteiger partial charge in [-0.3, -0.25) is 29.4 Å². The predicted octanol–water partition coefficient (Wildman–Crippen LogP) is 2.15. The molecular formula is C38H46N6O11. The van der Waals surface area contributed by atoms with Gasteiger partial charge in [-0.05, 0) is 56.0 Å². The molecule has 0 fully saturated rings. The Morgan fingerprint density at radius 2 is 1.18 bits per heavy atom. The first-order valence-electron chi connectivity index (χ1n) is 17.2. The van der Waals surface area contributed by atoms with Crippen molar-refractivity contribution in [3.8, 4) is 5.75 Å². The minimum atomic E-state index is -1.69. The molecule has 0 saturated carbocycles. The van der Waals surface area contributed by atoms with Crippen LogP contribution in [0.5, 0.6) is 5.75 Å².